The summed E-state index contributed by atoms with van der Waals surface area (Å²) in [6.07, 6.45) is -8.73. The fourth-order valence-corrected chi connectivity index (χ4v) is 8.58. The van der Waals surface area contributed by atoms with Gasteiger partial charge in [0.15, 0.2) is 12.6 Å². The van der Waals surface area contributed by atoms with E-state index >= 15 is 0 Å². The van der Waals surface area contributed by atoms with Crippen LogP contribution in [0.1, 0.15) is 94.9 Å². The molecular weight excluding hydrogens is 678 g/mol. The van der Waals surface area contributed by atoms with Gasteiger partial charge in [-0.2, -0.15) is 0 Å². The molecule has 3 heterocycles. The van der Waals surface area contributed by atoms with Crippen molar-refractivity contribution in [3.8, 4) is 0 Å². The predicted octanol–water partition coefficient (Wildman–Crippen LogP) is 2.44. The van der Waals surface area contributed by atoms with Gasteiger partial charge in [-0.25, -0.2) is 0 Å². The molecule has 0 amide bonds. The lowest BCUT2D eigenvalue weighted by molar-refractivity contribution is -0.319. The minimum Gasteiger partial charge on any atom is -0.459 e. The molecule has 3 fully saturated rings. The number of carbonyl (C=O) groups excluding carboxylic acids is 2. The van der Waals surface area contributed by atoms with E-state index in [0.29, 0.717) is 6.42 Å². The summed E-state index contributed by atoms with van der Waals surface area (Å²) in [6.45, 7) is 17.1. The van der Waals surface area contributed by atoms with Crippen molar-refractivity contribution in [2.75, 3.05) is 28.3 Å². The first kappa shape index (κ1) is 45.1. The Morgan fingerprint density at radius 2 is 1.44 bits per heavy atom. The zero-order valence-corrected chi connectivity index (χ0v) is 33.9. The third-order valence-electron chi connectivity index (χ3n) is 12.3. The zero-order chi connectivity index (χ0) is 39.7. The van der Waals surface area contributed by atoms with E-state index in [-0.39, 0.29) is 37.2 Å². The number of hydrogen-bond donors (Lipinski definition) is 4. The number of ketones is 1. The van der Waals surface area contributed by atoms with Crippen LogP contribution >= 0.6 is 0 Å². The fourth-order valence-electron chi connectivity index (χ4n) is 8.58. The Hall–Kier alpha value is -1.30. The molecule has 0 aromatic rings. The highest BCUT2D eigenvalue weighted by Gasteiger charge is 2.54. The van der Waals surface area contributed by atoms with Gasteiger partial charge in [-0.3, -0.25) is 9.59 Å². The van der Waals surface area contributed by atoms with Gasteiger partial charge in [0, 0.05) is 44.4 Å². The van der Waals surface area contributed by atoms with Crippen LogP contribution in [0.3, 0.4) is 0 Å². The molecule has 0 spiro atoms. The first-order chi connectivity index (χ1) is 24.0. The Morgan fingerprint density at radius 3 is 1.98 bits per heavy atom. The minimum atomic E-state index is -1.96. The van der Waals surface area contributed by atoms with Crippen LogP contribution in [0.4, 0.5) is 0 Å². The van der Waals surface area contributed by atoms with Gasteiger partial charge in [-0.05, 0) is 74.9 Å². The van der Waals surface area contributed by atoms with E-state index < -0.39 is 102 Å². The SMILES string of the molecule is CC[C@H]1OC(=O)[C@H](C)[C@@H](O[C@H]2C[C@@](C)(OC)[C@@H](O)[C@H](C)O2)[C@H](C)[C@@H](O[C@@H]2O[C@H](C)C[C@@H](N(C)C)[C@H]2O)[C@](C)(OC)C[C@@H](C)C(=O)[C@H](C)[C@@H](O)[C@]1(C)O. The number of cyclic esters (lactones) is 1. The van der Waals surface area contributed by atoms with Crippen molar-refractivity contribution in [1.82, 2.24) is 4.90 Å². The second-order valence-corrected chi connectivity index (χ2v) is 16.6. The average molecular weight is 748 g/mol. The summed E-state index contributed by atoms with van der Waals surface area (Å²) in [6, 6.07) is -0.283. The van der Waals surface area contributed by atoms with Crippen LogP contribution in [0.15, 0.2) is 0 Å². The van der Waals surface area contributed by atoms with Crippen molar-refractivity contribution in [3.63, 3.8) is 0 Å². The summed E-state index contributed by atoms with van der Waals surface area (Å²) in [5.74, 6) is -4.47. The summed E-state index contributed by atoms with van der Waals surface area (Å²) in [7, 11) is 6.77. The molecule has 4 N–H and O–H groups in total. The lowest BCUT2D eigenvalue weighted by atomic mass is 9.74. The quantitative estimate of drug-likeness (QED) is 0.266. The minimum absolute atomic E-state index is 0.111. The van der Waals surface area contributed by atoms with Gasteiger partial charge in [-0.15, -0.1) is 0 Å². The van der Waals surface area contributed by atoms with E-state index in [4.69, 9.17) is 33.2 Å². The first-order valence-corrected chi connectivity index (χ1v) is 18.9. The van der Waals surface area contributed by atoms with Crippen LogP contribution in [-0.2, 0) is 42.7 Å². The van der Waals surface area contributed by atoms with E-state index in [0.717, 1.165) is 0 Å². The lowest BCUT2D eigenvalue weighted by Gasteiger charge is -2.50. The van der Waals surface area contributed by atoms with Gasteiger partial charge in [0.25, 0.3) is 0 Å². The van der Waals surface area contributed by atoms with E-state index in [1.165, 1.54) is 21.1 Å². The molecule has 0 saturated carbocycles. The molecule has 0 unspecified atom stereocenters. The number of Topliss-reactive ketones (excluding diaryl/α,β-unsaturated/α-hetero) is 1. The Morgan fingerprint density at radius 1 is 0.846 bits per heavy atom. The van der Waals surface area contributed by atoms with Crippen molar-refractivity contribution in [3.05, 3.63) is 0 Å². The van der Waals surface area contributed by atoms with Gasteiger partial charge >= 0.3 is 5.97 Å². The normalized spacial score (nSPS) is 49.0. The zero-order valence-electron chi connectivity index (χ0n) is 33.9. The third kappa shape index (κ3) is 9.38. The molecular formula is C38H69NO13. The molecule has 3 rings (SSSR count). The third-order valence-corrected chi connectivity index (χ3v) is 12.3. The Labute approximate surface area is 310 Å². The molecule has 3 aliphatic rings. The maximum atomic E-state index is 14.2. The van der Waals surface area contributed by atoms with Crippen molar-refractivity contribution < 1.29 is 63.2 Å². The van der Waals surface area contributed by atoms with E-state index in [1.54, 1.807) is 48.5 Å². The van der Waals surface area contributed by atoms with Crippen LogP contribution in [0.5, 0.6) is 0 Å². The fraction of sp³-hybridized carbons (Fsp3) is 0.947. The maximum Gasteiger partial charge on any atom is 0.311 e. The number of nitrogens with zero attached hydrogens (tertiary/aromatic N) is 1. The molecule has 0 aromatic carbocycles. The van der Waals surface area contributed by atoms with Crippen molar-refractivity contribution >= 4 is 11.8 Å². The molecule has 52 heavy (non-hydrogen) atoms. The van der Waals surface area contributed by atoms with Gasteiger partial charge in [-0.1, -0.05) is 27.7 Å². The number of likely N-dealkylation sites (N-methyl/N-ethyl adjacent to an activating group) is 1. The largest absolute Gasteiger partial charge is 0.459 e. The summed E-state index contributed by atoms with van der Waals surface area (Å²) >= 11 is 0. The topological polar surface area (TPSA) is 183 Å². The highest BCUT2D eigenvalue weighted by Crippen LogP contribution is 2.41. The first-order valence-electron chi connectivity index (χ1n) is 18.9. The van der Waals surface area contributed by atoms with Crippen LogP contribution in [0.2, 0.25) is 0 Å². The van der Waals surface area contributed by atoms with Crippen LogP contribution in [-0.4, -0.2) is 150 Å². The van der Waals surface area contributed by atoms with Crippen molar-refractivity contribution in [1.29, 1.82) is 0 Å². The summed E-state index contributed by atoms with van der Waals surface area (Å²) in [4.78, 5) is 30.1. The van der Waals surface area contributed by atoms with Gasteiger partial charge in [0.1, 0.15) is 29.7 Å². The Kier molecular flexibility index (Phi) is 15.3. The summed E-state index contributed by atoms with van der Waals surface area (Å²) in [5, 5.41) is 45.6. The smallest absolute Gasteiger partial charge is 0.311 e. The van der Waals surface area contributed by atoms with Crippen molar-refractivity contribution in [2.45, 2.75) is 179 Å². The van der Waals surface area contributed by atoms with Crippen LogP contribution in [0, 0.1) is 23.7 Å². The molecule has 304 valence electrons. The Bertz CT molecular complexity index is 1190. The Balaban J connectivity index is 2.22. The van der Waals surface area contributed by atoms with Crippen molar-refractivity contribution in [2.24, 2.45) is 23.7 Å². The van der Waals surface area contributed by atoms with Crippen LogP contribution in [0.25, 0.3) is 0 Å². The highest BCUT2D eigenvalue weighted by atomic mass is 16.7. The predicted molar refractivity (Wildman–Crippen MR) is 191 cm³/mol. The number of ether oxygens (including phenoxy) is 7. The molecule has 18 atom stereocenters. The van der Waals surface area contributed by atoms with E-state index in [1.807, 2.05) is 32.8 Å². The van der Waals surface area contributed by atoms with E-state index in [2.05, 4.69) is 0 Å². The highest BCUT2D eigenvalue weighted by molar-refractivity contribution is 5.83. The lowest BCUT2D eigenvalue weighted by Crippen LogP contribution is -2.61. The number of aliphatic hydroxyl groups excluding tert-OH is 3. The molecule has 0 bridgehead atoms. The van der Waals surface area contributed by atoms with Gasteiger partial charge < -0.3 is 58.5 Å². The van der Waals surface area contributed by atoms with E-state index in [9.17, 15) is 30.0 Å². The molecule has 0 aliphatic carbocycles. The second kappa shape index (κ2) is 17.7. The molecule has 3 aliphatic heterocycles. The summed E-state index contributed by atoms with van der Waals surface area (Å²) in [5.41, 5.74) is -4.24. The summed E-state index contributed by atoms with van der Waals surface area (Å²) < 4.78 is 43.9. The number of methoxy groups -OCH3 is 2. The number of carbonyl (C=O) groups is 2. The monoisotopic (exact) mass is 747 g/mol. The number of aliphatic hydroxyl groups is 4. The number of esters is 1. The van der Waals surface area contributed by atoms with Gasteiger partial charge in [0.05, 0.1) is 47.6 Å². The number of hydrogen-bond acceptors (Lipinski definition) is 14. The maximum absolute atomic E-state index is 14.2. The number of rotatable bonds is 8. The van der Waals surface area contributed by atoms with Gasteiger partial charge in [0.2, 0.25) is 0 Å². The average Bonchev–Trinajstić information content (AvgIpc) is 3.09. The molecule has 0 radical (unpaired) electrons. The molecule has 0 aromatic heterocycles. The molecule has 14 heteroatoms. The molecule has 3 saturated heterocycles. The standard InChI is InChI=1S/C38H69NO13/c1-15-26-38(10,45)31(42)21(4)28(40)19(2)17-37(9,47-14)33(52-35-29(41)25(39(11)12)16-20(3)48-35)22(5)30(23(6)34(44)50-26)51-27-18-36(8,46-13)32(43)24(7)49-27/h19-27,29-33,35,41-43,45H,15-18H2,1-14H3/t19-,20-,21+,22+,23-,24+,25-,26-,27+,29-,30+,31-,32+,33-,35+,36-,37-,38-/m1/s1. The molecule has 14 nitrogen and oxygen atoms in total. The van der Waals surface area contributed by atoms with Crippen LogP contribution < -0.4 is 0 Å². The second-order valence-electron chi connectivity index (χ2n) is 16.6.